The first-order chi connectivity index (χ1) is 14.9. The highest BCUT2D eigenvalue weighted by Crippen LogP contribution is 2.23. The van der Waals surface area contributed by atoms with E-state index in [0.717, 1.165) is 5.69 Å². The van der Waals surface area contributed by atoms with E-state index in [0.29, 0.717) is 36.9 Å². The number of carbonyl (C=O) groups is 1. The number of hydrogen-bond acceptors (Lipinski definition) is 7. The molecule has 3 aromatic rings. The van der Waals surface area contributed by atoms with Crippen molar-refractivity contribution in [2.24, 2.45) is 0 Å². The SMILES string of the molecule is O=C([C@H](O)c1ccccc1)N1CCN(c2ccc(S(=O)(=O)Nc3nccs3)cc2)CC1. The molecule has 1 aliphatic heterocycles. The number of anilines is 2. The number of piperazine rings is 1. The van der Waals surface area contributed by atoms with Crippen LogP contribution in [0.25, 0.3) is 0 Å². The smallest absolute Gasteiger partial charge is 0.263 e. The van der Waals surface area contributed by atoms with Gasteiger partial charge in [0.05, 0.1) is 4.90 Å². The third-order valence-electron chi connectivity index (χ3n) is 5.11. The molecule has 0 unspecified atom stereocenters. The lowest BCUT2D eigenvalue weighted by Crippen LogP contribution is -2.50. The van der Waals surface area contributed by atoms with Crippen LogP contribution in [0.2, 0.25) is 0 Å². The normalized spacial score (nSPS) is 15.5. The molecule has 2 aromatic carbocycles. The molecule has 2 heterocycles. The first-order valence-corrected chi connectivity index (χ1v) is 12.1. The number of carbonyl (C=O) groups excluding carboxylic acids is 1. The summed E-state index contributed by atoms with van der Waals surface area (Å²) in [6.07, 6.45) is 0.372. The van der Waals surface area contributed by atoms with Crippen LogP contribution >= 0.6 is 11.3 Å². The zero-order valence-electron chi connectivity index (χ0n) is 16.6. The molecule has 162 valence electrons. The highest BCUT2D eigenvalue weighted by molar-refractivity contribution is 7.93. The number of thiazole rings is 1. The maximum atomic E-state index is 12.6. The Balaban J connectivity index is 1.36. The van der Waals surface area contributed by atoms with Gasteiger partial charge < -0.3 is 14.9 Å². The monoisotopic (exact) mass is 458 g/mol. The van der Waals surface area contributed by atoms with Crippen molar-refractivity contribution < 1.29 is 18.3 Å². The fraction of sp³-hybridized carbons (Fsp3) is 0.238. The van der Waals surface area contributed by atoms with Gasteiger partial charge in [0, 0.05) is 43.4 Å². The number of nitrogens with one attached hydrogen (secondary N) is 1. The number of aromatic nitrogens is 1. The van der Waals surface area contributed by atoms with E-state index in [4.69, 9.17) is 0 Å². The van der Waals surface area contributed by atoms with Crippen molar-refractivity contribution in [2.75, 3.05) is 35.8 Å². The molecule has 0 spiro atoms. The molecule has 2 N–H and O–H groups in total. The van der Waals surface area contributed by atoms with Gasteiger partial charge in [-0.3, -0.25) is 9.52 Å². The summed E-state index contributed by atoms with van der Waals surface area (Å²) >= 11 is 1.21. The minimum Gasteiger partial charge on any atom is -0.378 e. The second-order valence-corrected chi connectivity index (χ2v) is 9.64. The van der Waals surface area contributed by atoms with Crippen LogP contribution in [-0.4, -0.2) is 55.5 Å². The van der Waals surface area contributed by atoms with Gasteiger partial charge in [-0.05, 0) is 29.8 Å². The molecule has 0 aliphatic carbocycles. The number of benzene rings is 2. The Morgan fingerprint density at radius 2 is 1.71 bits per heavy atom. The average molecular weight is 459 g/mol. The molecule has 1 atom stereocenters. The molecular formula is C21H22N4O4S2. The van der Waals surface area contributed by atoms with Gasteiger partial charge in [-0.15, -0.1) is 11.3 Å². The summed E-state index contributed by atoms with van der Waals surface area (Å²) < 4.78 is 27.4. The van der Waals surface area contributed by atoms with E-state index in [1.807, 2.05) is 6.07 Å². The van der Waals surface area contributed by atoms with Crippen molar-refractivity contribution in [3.63, 3.8) is 0 Å². The van der Waals surface area contributed by atoms with Crippen molar-refractivity contribution in [3.8, 4) is 0 Å². The molecule has 0 bridgehead atoms. The average Bonchev–Trinajstić information content (AvgIpc) is 3.31. The molecule has 1 amide bonds. The van der Waals surface area contributed by atoms with Crippen LogP contribution in [0.3, 0.4) is 0 Å². The Bertz CT molecular complexity index is 1110. The van der Waals surface area contributed by atoms with E-state index in [9.17, 15) is 18.3 Å². The van der Waals surface area contributed by atoms with Crippen molar-refractivity contribution in [1.29, 1.82) is 0 Å². The van der Waals surface area contributed by atoms with Gasteiger partial charge in [0.25, 0.3) is 15.9 Å². The first-order valence-electron chi connectivity index (χ1n) is 9.73. The van der Waals surface area contributed by atoms with Crippen molar-refractivity contribution >= 4 is 38.1 Å². The van der Waals surface area contributed by atoms with Crippen molar-refractivity contribution in [3.05, 3.63) is 71.7 Å². The van der Waals surface area contributed by atoms with Crippen LogP contribution in [0.5, 0.6) is 0 Å². The van der Waals surface area contributed by atoms with Crippen LogP contribution < -0.4 is 9.62 Å². The summed E-state index contributed by atoms with van der Waals surface area (Å²) in [6.45, 7) is 2.15. The highest BCUT2D eigenvalue weighted by atomic mass is 32.2. The topological polar surface area (TPSA) is 103 Å². The maximum Gasteiger partial charge on any atom is 0.263 e. The predicted octanol–water partition coefficient (Wildman–Crippen LogP) is 2.33. The summed E-state index contributed by atoms with van der Waals surface area (Å²) in [5, 5.41) is 12.4. The summed E-state index contributed by atoms with van der Waals surface area (Å²) in [7, 11) is -3.69. The number of amides is 1. The second-order valence-electron chi connectivity index (χ2n) is 7.06. The molecular weight excluding hydrogens is 436 g/mol. The van der Waals surface area contributed by atoms with Crippen LogP contribution in [-0.2, 0) is 14.8 Å². The molecule has 8 nitrogen and oxygen atoms in total. The molecule has 31 heavy (non-hydrogen) atoms. The Hall–Kier alpha value is -2.95. The number of hydrogen-bond donors (Lipinski definition) is 2. The van der Waals surface area contributed by atoms with Crippen LogP contribution in [0.4, 0.5) is 10.8 Å². The Morgan fingerprint density at radius 3 is 2.32 bits per heavy atom. The number of sulfonamides is 1. The number of rotatable bonds is 6. The van der Waals surface area contributed by atoms with Gasteiger partial charge in [0.2, 0.25) is 0 Å². The van der Waals surface area contributed by atoms with E-state index >= 15 is 0 Å². The fourth-order valence-electron chi connectivity index (χ4n) is 3.42. The number of aliphatic hydroxyl groups excluding tert-OH is 1. The molecule has 1 fully saturated rings. The van der Waals surface area contributed by atoms with Gasteiger partial charge in [0.1, 0.15) is 0 Å². The van der Waals surface area contributed by atoms with Gasteiger partial charge >= 0.3 is 0 Å². The summed E-state index contributed by atoms with van der Waals surface area (Å²) in [4.78, 5) is 20.5. The zero-order chi connectivity index (χ0) is 21.8. The van der Waals surface area contributed by atoms with Crippen molar-refractivity contribution in [1.82, 2.24) is 9.88 Å². The first kappa shape index (κ1) is 21.3. The molecule has 0 saturated carbocycles. The van der Waals surface area contributed by atoms with E-state index < -0.39 is 16.1 Å². The Kier molecular flexibility index (Phi) is 6.21. The number of aliphatic hydroxyl groups is 1. The molecule has 1 saturated heterocycles. The van der Waals surface area contributed by atoms with Crippen LogP contribution in [0.1, 0.15) is 11.7 Å². The van der Waals surface area contributed by atoms with Gasteiger partial charge in [-0.25, -0.2) is 13.4 Å². The summed E-state index contributed by atoms with van der Waals surface area (Å²) in [5.74, 6) is -0.305. The maximum absolute atomic E-state index is 12.6. The van der Waals surface area contributed by atoms with Crippen LogP contribution in [0, 0.1) is 0 Å². The third-order valence-corrected chi connectivity index (χ3v) is 7.28. The predicted molar refractivity (Wildman–Crippen MR) is 120 cm³/mol. The highest BCUT2D eigenvalue weighted by Gasteiger charge is 2.27. The lowest BCUT2D eigenvalue weighted by molar-refractivity contribution is -0.140. The van der Waals surface area contributed by atoms with Gasteiger partial charge in [0.15, 0.2) is 11.2 Å². The Labute approximate surface area is 184 Å². The van der Waals surface area contributed by atoms with Gasteiger partial charge in [-0.1, -0.05) is 30.3 Å². The van der Waals surface area contributed by atoms with E-state index in [1.54, 1.807) is 58.8 Å². The molecule has 10 heteroatoms. The van der Waals surface area contributed by atoms with E-state index in [1.165, 1.54) is 17.5 Å². The molecule has 1 aliphatic rings. The fourth-order valence-corrected chi connectivity index (χ4v) is 5.21. The second kappa shape index (κ2) is 9.04. The quantitative estimate of drug-likeness (QED) is 0.588. The molecule has 4 rings (SSSR count). The lowest BCUT2D eigenvalue weighted by Gasteiger charge is -2.37. The summed E-state index contributed by atoms with van der Waals surface area (Å²) in [5.41, 5.74) is 1.46. The van der Waals surface area contributed by atoms with E-state index in [-0.39, 0.29) is 10.8 Å². The number of nitrogens with zero attached hydrogens (tertiary/aromatic N) is 3. The minimum atomic E-state index is -3.69. The molecule has 1 aromatic heterocycles. The standard InChI is InChI=1S/C21H22N4O4S2/c26-19(16-4-2-1-3-5-16)20(27)25-13-11-24(12-14-25)17-6-8-18(9-7-17)31(28,29)23-21-22-10-15-30-21/h1-10,15,19,26H,11-14H2,(H,22,23)/t19-/m1/s1. The lowest BCUT2D eigenvalue weighted by atomic mass is 10.1. The largest absolute Gasteiger partial charge is 0.378 e. The molecule has 0 radical (unpaired) electrons. The van der Waals surface area contributed by atoms with Crippen LogP contribution in [0.15, 0.2) is 71.1 Å². The third kappa shape index (κ3) is 4.87. The minimum absolute atomic E-state index is 0.159. The van der Waals surface area contributed by atoms with Crippen molar-refractivity contribution in [2.45, 2.75) is 11.0 Å². The Morgan fingerprint density at radius 1 is 1.03 bits per heavy atom. The summed E-state index contributed by atoms with van der Waals surface area (Å²) in [6, 6.07) is 15.5. The zero-order valence-corrected chi connectivity index (χ0v) is 18.2. The van der Waals surface area contributed by atoms with E-state index in [2.05, 4.69) is 14.6 Å². The van der Waals surface area contributed by atoms with Gasteiger partial charge in [-0.2, -0.15) is 0 Å².